The third-order valence-corrected chi connectivity index (χ3v) is 5.98. The number of nitrogens with one attached hydrogen (secondary N) is 1. The summed E-state index contributed by atoms with van der Waals surface area (Å²) in [6.45, 7) is 3.93. The van der Waals surface area contributed by atoms with Gasteiger partial charge in [-0.15, -0.1) is 0 Å². The molecule has 4 rings (SSSR count). The van der Waals surface area contributed by atoms with Crippen LogP contribution in [0.1, 0.15) is 73.1 Å². The van der Waals surface area contributed by atoms with Crippen molar-refractivity contribution in [2.75, 3.05) is 13.2 Å². The Morgan fingerprint density at radius 1 is 1.45 bits per heavy atom. The van der Waals surface area contributed by atoms with Gasteiger partial charge < -0.3 is 19.6 Å². The molecule has 6 nitrogen and oxygen atoms in total. The van der Waals surface area contributed by atoms with Gasteiger partial charge in [0.05, 0.1) is 36.8 Å². The first-order valence-corrected chi connectivity index (χ1v) is 10.6. The van der Waals surface area contributed by atoms with E-state index in [1.54, 1.807) is 0 Å². The molecule has 1 unspecified atom stereocenters. The van der Waals surface area contributed by atoms with E-state index in [-0.39, 0.29) is 6.42 Å². The molecule has 1 aromatic heterocycles. The number of H-pyrrole nitrogens is 1. The number of ether oxygens (including phenoxy) is 2. The Morgan fingerprint density at radius 3 is 2.97 bits per heavy atom. The number of hydrogen-bond donors (Lipinski definition) is 2. The Bertz CT molecular complexity index is 952. The molecule has 2 aromatic rings. The number of carbonyl (C=O) groups is 1. The van der Waals surface area contributed by atoms with Gasteiger partial charge in [0.25, 0.3) is 0 Å². The van der Waals surface area contributed by atoms with Gasteiger partial charge in [-0.25, -0.2) is 0 Å². The first-order chi connectivity index (χ1) is 14.1. The van der Waals surface area contributed by atoms with Crippen LogP contribution in [0.25, 0.3) is 10.9 Å². The summed E-state index contributed by atoms with van der Waals surface area (Å²) >= 11 is 0. The molecule has 2 heterocycles. The maximum absolute atomic E-state index is 11.3. The Kier molecular flexibility index (Phi) is 5.89. The van der Waals surface area contributed by atoms with Gasteiger partial charge in [0.1, 0.15) is 6.10 Å². The summed E-state index contributed by atoms with van der Waals surface area (Å²) in [6.07, 6.45) is 5.64. The third-order valence-electron chi connectivity index (χ3n) is 5.98. The second-order valence-corrected chi connectivity index (χ2v) is 8.21. The maximum atomic E-state index is 11.3. The summed E-state index contributed by atoms with van der Waals surface area (Å²) in [4.78, 5) is 14.8. The average molecular weight is 396 g/mol. The van der Waals surface area contributed by atoms with E-state index in [0.29, 0.717) is 31.1 Å². The number of rotatable bonds is 9. The normalized spacial score (nSPS) is 18.6. The summed E-state index contributed by atoms with van der Waals surface area (Å²) in [5.41, 5.74) is 5.72. The number of aromatic amines is 1. The van der Waals surface area contributed by atoms with Crippen molar-refractivity contribution in [1.29, 1.82) is 5.26 Å². The number of carboxylic acid groups (broad SMARTS) is 1. The molecule has 2 N–H and O–H groups in total. The Labute approximate surface area is 170 Å². The zero-order chi connectivity index (χ0) is 20.4. The lowest BCUT2D eigenvalue weighted by Gasteiger charge is -2.22. The van der Waals surface area contributed by atoms with Crippen LogP contribution < -0.4 is 0 Å². The molecule has 1 aromatic carbocycles. The van der Waals surface area contributed by atoms with Gasteiger partial charge in [0.2, 0.25) is 0 Å². The number of benzene rings is 1. The molecule has 6 heteroatoms. The van der Waals surface area contributed by atoms with Crippen molar-refractivity contribution >= 4 is 16.9 Å². The van der Waals surface area contributed by atoms with Gasteiger partial charge in [0.15, 0.2) is 0 Å². The molecule has 2 aliphatic rings. The van der Waals surface area contributed by atoms with Crippen molar-refractivity contribution in [1.82, 2.24) is 4.98 Å². The molecule has 0 spiro atoms. The van der Waals surface area contributed by atoms with Crippen LogP contribution in [-0.4, -0.2) is 29.3 Å². The summed E-state index contributed by atoms with van der Waals surface area (Å²) in [5.74, 6) is -0.192. The van der Waals surface area contributed by atoms with Crippen LogP contribution >= 0.6 is 0 Å². The molecule has 0 saturated heterocycles. The zero-order valence-electron chi connectivity index (χ0n) is 16.9. The predicted octanol–water partition coefficient (Wildman–Crippen LogP) is 4.40. The highest BCUT2D eigenvalue weighted by Crippen LogP contribution is 2.39. The summed E-state index contributed by atoms with van der Waals surface area (Å²) in [7, 11) is 0. The first-order valence-electron chi connectivity index (χ1n) is 10.6. The highest BCUT2D eigenvalue weighted by Gasteiger charge is 2.29. The third kappa shape index (κ3) is 4.17. The van der Waals surface area contributed by atoms with Crippen LogP contribution in [0.2, 0.25) is 0 Å². The number of carboxylic acids is 1. The number of aliphatic carboxylic acids is 1. The molecule has 154 valence electrons. The van der Waals surface area contributed by atoms with Crippen LogP contribution in [0.15, 0.2) is 6.07 Å². The van der Waals surface area contributed by atoms with Gasteiger partial charge in [-0.3, -0.25) is 4.79 Å². The lowest BCUT2D eigenvalue weighted by atomic mass is 9.92. The van der Waals surface area contributed by atoms with E-state index in [9.17, 15) is 15.2 Å². The highest BCUT2D eigenvalue weighted by molar-refractivity contribution is 5.94. The molecule has 1 aliphatic carbocycles. The zero-order valence-corrected chi connectivity index (χ0v) is 16.9. The second-order valence-electron chi connectivity index (χ2n) is 8.21. The summed E-state index contributed by atoms with van der Waals surface area (Å²) in [6, 6.07) is 4.35. The fraction of sp³-hybridized carbons (Fsp3) is 0.565. The number of fused-ring (bicyclic) bond motifs is 3. The summed E-state index contributed by atoms with van der Waals surface area (Å²) in [5, 5.41) is 20.1. The number of nitriles is 1. The van der Waals surface area contributed by atoms with Crippen molar-refractivity contribution in [3.8, 4) is 6.07 Å². The predicted molar refractivity (Wildman–Crippen MR) is 109 cm³/mol. The van der Waals surface area contributed by atoms with E-state index in [2.05, 4.69) is 18.0 Å². The largest absolute Gasteiger partial charge is 0.481 e. The minimum absolute atomic E-state index is 0.0800. The van der Waals surface area contributed by atoms with Crippen LogP contribution in [0.5, 0.6) is 0 Å². The monoisotopic (exact) mass is 396 g/mol. The fourth-order valence-corrected chi connectivity index (χ4v) is 4.29. The highest BCUT2D eigenvalue weighted by atomic mass is 16.5. The van der Waals surface area contributed by atoms with Crippen molar-refractivity contribution in [2.24, 2.45) is 5.92 Å². The number of hydrogen-bond acceptors (Lipinski definition) is 4. The number of aromatic nitrogens is 1. The van der Waals surface area contributed by atoms with Crippen LogP contribution in [0.3, 0.4) is 0 Å². The van der Waals surface area contributed by atoms with E-state index in [1.165, 1.54) is 18.4 Å². The molecule has 29 heavy (non-hydrogen) atoms. The van der Waals surface area contributed by atoms with E-state index in [0.717, 1.165) is 53.6 Å². The summed E-state index contributed by atoms with van der Waals surface area (Å²) < 4.78 is 11.7. The van der Waals surface area contributed by atoms with E-state index in [4.69, 9.17) is 9.47 Å². The minimum Gasteiger partial charge on any atom is -0.481 e. The average Bonchev–Trinajstić information content (AvgIpc) is 3.44. The van der Waals surface area contributed by atoms with Crippen molar-refractivity contribution < 1.29 is 19.4 Å². The fourth-order valence-electron chi connectivity index (χ4n) is 4.29. The van der Waals surface area contributed by atoms with Gasteiger partial charge in [-0.1, -0.05) is 13.3 Å². The first kappa shape index (κ1) is 19.9. The van der Waals surface area contributed by atoms with Crippen molar-refractivity contribution in [2.45, 2.75) is 64.6 Å². The van der Waals surface area contributed by atoms with Gasteiger partial charge in [-0.2, -0.15) is 5.26 Å². The van der Waals surface area contributed by atoms with E-state index in [1.807, 2.05) is 6.07 Å². The maximum Gasteiger partial charge on any atom is 0.306 e. The Hall–Kier alpha value is -2.36. The van der Waals surface area contributed by atoms with Crippen LogP contribution in [-0.2, 0) is 33.7 Å². The number of aryl methyl sites for hydroxylation is 1. The SMILES string of the molecule is CCCCc1c(COCC2CC2)cc(C#N)c2c3c([nH]c12)C(CC(=O)O)OCC3. The van der Waals surface area contributed by atoms with Gasteiger partial charge in [-0.05, 0) is 60.8 Å². The second kappa shape index (κ2) is 8.56. The molecule has 1 atom stereocenters. The lowest BCUT2D eigenvalue weighted by Crippen LogP contribution is -2.18. The topological polar surface area (TPSA) is 95.3 Å². The van der Waals surface area contributed by atoms with Gasteiger partial charge >= 0.3 is 5.97 Å². The van der Waals surface area contributed by atoms with E-state index >= 15 is 0 Å². The molecule has 0 bridgehead atoms. The molecule has 1 fully saturated rings. The van der Waals surface area contributed by atoms with Crippen molar-refractivity contribution in [3.05, 3.63) is 34.0 Å². The molecular weight excluding hydrogens is 368 g/mol. The molecular formula is C23H28N2O4. The molecule has 0 amide bonds. The minimum atomic E-state index is -0.887. The van der Waals surface area contributed by atoms with Crippen molar-refractivity contribution in [3.63, 3.8) is 0 Å². The molecule has 1 aliphatic heterocycles. The van der Waals surface area contributed by atoms with E-state index < -0.39 is 12.1 Å². The van der Waals surface area contributed by atoms with Crippen LogP contribution in [0.4, 0.5) is 0 Å². The smallest absolute Gasteiger partial charge is 0.306 e. The quantitative estimate of drug-likeness (QED) is 0.655. The van der Waals surface area contributed by atoms with Gasteiger partial charge in [0, 0.05) is 17.7 Å². The number of nitrogens with zero attached hydrogens (tertiary/aromatic N) is 1. The lowest BCUT2D eigenvalue weighted by molar-refractivity contribution is -0.140. The van der Waals surface area contributed by atoms with Crippen LogP contribution in [0, 0.1) is 17.2 Å². The Balaban J connectivity index is 1.79. The Morgan fingerprint density at radius 2 is 2.28 bits per heavy atom. The molecule has 0 radical (unpaired) electrons. The number of unbranched alkanes of at least 4 members (excludes halogenated alkanes) is 1. The molecule has 1 saturated carbocycles. The standard InChI is InChI=1S/C23H28N2O4/c1-2-3-4-17-16(13-28-12-14-5-6-14)9-15(11-24)21-18-7-8-29-19(10-20(26)27)22(18)25-23(17)21/h9,14,19,25H,2-8,10,12-13H2,1H3,(H,26,27).